The summed E-state index contributed by atoms with van der Waals surface area (Å²) < 4.78 is 0. The summed E-state index contributed by atoms with van der Waals surface area (Å²) in [5, 5.41) is 9.62. The molecule has 1 rings (SSSR count). The summed E-state index contributed by atoms with van der Waals surface area (Å²) >= 11 is 0. The molecule has 0 bridgehead atoms. The molecule has 0 amide bonds. The van der Waals surface area contributed by atoms with Crippen LogP contribution in [0, 0.1) is 0 Å². The van der Waals surface area contributed by atoms with Crippen molar-refractivity contribution in [2.45, 2.75) is 0 Å². The van der Waals surface area contributed by atoms with E-state index in [1.165, 1.54) is 0 Å². The Bertz CT molecular complexity index is 300. The minimum Gasteiger partial charge on any atom is -0.378 e. The number of hydrogen-bond acceptors (Lipinski definition) is 3. The van der Waals surface area contributed by atoms with E-state index in [9.17, 15) is 0 Å². The summed E-state index contributed by atoms with van der Waals surface area (Å²) in [6.07, 6.45) is 0. The van der Waals surface area contributed by atoms with Gasteiger partial charge < -0.3 is 4.90 Å². The maximum atomic E-state index is 4.04. The maximum Gasteiger partial charge on any atom is 0.0875 e. The highest BCUT2D eigenvalue weighted by molar-refractivity contribution is 5.51. The first kappa shape index (κ1) is 10.5. The van der Waals surface area contributed by atoms with Gasteiger partial charge in [0.1, 0.15) is 0 Å². The SMILES string of the molecule is CN(C)N=Nc1ccc(N(C)C)cc1. The Morgan fingerprint density at radius 1 is 0.929 bits per heavy atom. The third-order valence-corrected chi connectivity index (χ3v) is 1.71. The van der Waals surface area contributed by atoms with Gasteiger partial charge in [-0.25, -0.2) is 0 Å². The smallest absolute Gasteiger partial charge is 0.0875 e. The van der Waals surface area contributed by atoms with Gasteiger partial charge in [0.2, 0.25) is 0 Å². The van der Waals surface area contributed by atoms with Crippen molar-refractivity contribution in [3.63, 3.8) is 0 Å². The van der Waals surface area contributed by atoms with Gasteiger partial charge in [0.05, 0.1) is 5.69 Å². The van der Waals surface area contributed by atoms with Crippen LogP contribution < -0.4 is 4.90 Å². The topological polar surface area (TPSA) is 31.2 Å². The van der Waals surface area contributed by atoms with Gasteiger partial charge >= 0.3 is 0 Å². The van der Waals surface area contributed by atoms with Crippen LogP contribution in [0.1, 0.15) is 0 Å². The first-order valence-corrected chi connectivity index (χ1v) is 4.46. The van der Waals surface area contributed by atoms with E-state index in [1.807, 2.05) is 57.4 Å². The Labute approximate surface area is 84.8 Å². The van der Waals surface area contributed by atoms with Crippen LogP contribution in [0.4, 0.5) is 11.4 Å². The molecule has 0 aromatic heterocycles. The molecular formula is C10H16N4. The lowest BCUT2D eigenvalue weighted by atomic mass is 10.3. The molecule has 0 heterocycles. The standard InChI is InChI=1S/C10H16N4/c1-13(2)10-7-5-9(6-8-10)11-12-14(3)4/h5-8H,1-4H3. The minimum atomic E-state index is 0.865. The van der Waals surface area contributed by atoms with E-state index in [2.05, 4.69) is 10.3 Å². The number of nitrogens with zero attached hydrogens (tertiary/aromatic N) is 4. The summed E-state index contributed by atoms with van der Waals surface area (Å²) in [6.45, 7) is 0. The zero-order valence-electron chi connectivity index (χ0n) is 9.10. The van der Waals surface area contributed by atoms with Gasteiger partial charge in [0, 0.05) is 33.9 Å². The second kappa shape index (κ2) is 4.60. The molecule has 0 saturated heterocycles. The van der Waals surface area contributed by atoms with Crippen LogP contribution in [-0.4, -0.2) is 33.2 Å². The van der Waals surface area contributed by atoms with Crippen molar-refractivity contribution < 1.29 is 0 Å². The van der Waals surface area contributed by atoms with Crippen LogP contribution in [0.3, 0.4) is 0 Å². The highest BCUT2D eigenvalue weighted by atomic mass is 15.5. The van der Waals surface area contributed by atoms with E-state index in [1.54, 1.807) is 5.01 Å². The molecule has 1 aromatic rings. The number of anilines is 1. The summed E-state index contributed by atoms with van der Waals surface area (Å²) in [4.78, 5) is 2.05. The minimum absolute atomic E-state index is 0.865. The van der Waals surface area contributed by atoms with E-state index < -0.39 is 0 Å². The first-order valence-electron chi connectivity index (χ1n) is 4.46. The molecule has 0 radical (unpaired) electrons. The van der Waals surface area contributed by atoms with Crippen molar-refractivity contribution >= 4 is 11.4 Å². The Morgan fingerprint density at radius 3 is 1.93 bits per heavy atom. The molecule has 14 heavy (non-hydrogen) atoms. The lowest BCUT2D eigenvalue weighted by Crippen LogP contribution is -2.07. The lowest BCUT2D eigenvalue weighted by molar-refractivity contribution is 0.408. The quantitative estimate of drug-likeness (QED) is 0.543. The van der Waals surface area contributed by atoms with Crippen molar-refractivity contribution in [2.75, 3.05) is 33.1 Å². The van der Waals surface area contributed by atoms with Gasteiger partial charge in [-0.3, -0.25) is 5.01 Å². The average Bonchev–Trinajstić information content (AvgIpc) is 2.15. The highest BCUT2D eigenvalue weighted by Crippen LogP contribution is 2.18. The lowest BCUT2D eigenvalue weighted by Gasteiger charge is -2.11. The fraction of sp³-hybridized carbons (Fsp3) is 0.400. The molecule has 0 aliphatic carbocycles. The van der Waals surface area contributed by atoms with Gasteiger partial charge in [0.25, 0.3) is 0 Å². The molecule has 0 N–H and O–H groups in total. The molecule has 0 atom stereocenters. The monoisotopic (exact) mass is 192 g/mol. The number of hydrogen-bond donors (Lipinski definition) is 0. The van der Waals surface area contributed by atoms with Gasteiger partial charge in [-0.2, -0.15) is 0 Å². The van der Waals surface area contributed by atoms with Gasteiger partial charge in [-0.1, -0.05) is 5.22 Å². The third-order valence-electron chi connectivity index (χ3n) is 1.71. The summed E-state index contributed by atoms with van der Waals surface area (Å²) in [5.41, 5.74) is 2.03. The molecule has 1 aromatic carbocycles. The molecule has 0 aliphatic heterocycles. The van der Waals surface area contributed by atoms with Crippen molar-refractivity contribution in [3.05, 3.63) is 24.3 Å². The first-order chi connectivity index (χ1) is 6.59. The number of benzene rings is 1. The predicted octanol–water partition coefficient (Wildman–Crippen LogP) is 2.31. The van der Waals surface area contributed by atoms with Crippen LogP contribution in [-0.2, 0) is 0 Å². The molecular weight excluding hydrogens is 176 g/mol. The molecule has 0 saturated carbocycles. The van der Waals surface area contributed by atoms with Crippen LogP contribution >= 0.6 is 0 Å². The van der Waals surface area contributed by atoms with Crippen molar-refractivity contribution in [1.82, 2.24) is 5.01 Å². The largest absolute Gasteiger partial charge is 0.378 e. The zero-order chi connectivity index (χ0) is 10.6. The van der Waals surface area contributed by atoms with Crippen LogP contribution in [0.5, 0.6) is 0 Å². The maximum absolute atomic E-state index is 4.04. The van der Waals surface area contributed by atoms with E-state index in [0.717, 1.165) is 11.4 Å². The molecule has 4 nitrogen and oxygen atoms in total. The van der Waals surface area contributed by atoms with Gasteiger partial charge in [0.15, 0.2) is 0 Å². The predicted molar refractivity (Wildman–Crippen MR) is 59.0 cm³/mol. The van der Waals surface area contributed by atoms with Crippen LogP contribution in [0.25, 0.3) is 0 Å². The van der Waals surface area contributed by atoms with Gasteiger partial charge in [-0.05, 0) is 24.3 Å². The Morgan fingerprint density at radius 2 is 1.50 bits per heavy atom. The number of rotatable bonds is 3. The van der Waals surface area contributed by atoms with E-state index >= 15 is 0 Å². The second-order valence-electron chi connectivity index (χ2n) is 3.45. The molecule has 4 heteroatoms. The zero-order valence-corrected chi connectivity index (χ0v) is 9.10. The normalized spacial score (nSPS) is 10.6. The Kier molecular flexibility index (Phi) is 3.45. The fourth-order valence-corrected chi connectivity index (χ4v) is 0.959. The molecule has 0 spiro atoms. The summed E-state index contributed by atoms with van der Waals surface area (Å²) in [7, 11) is 7.71. The van der Waals surface area contributed by atoms with Crippen LogP contribution in [0.2, 0.25) is 0 Å². The van der Waals surface area contributed by atoms with E-state index in [0.29, 0.717) is 0 Å². The molecule has 0 fully saturated rings. The third kappa shape index (κ3) is 3.05. The van der Waals surface area contributed by atoms with E-state index in [4.69, 9.17) is 0 Å². The highest BCUT2D eigenvalue weighted by Gasteiger charge is 1.94. The van der Waals surface area contributed by atoms with Crippen molar-refractivity contribution in [2.24, 2.45) is 10.3 Å². The average molecular weight is 192 g/mol. The second-order valence-corrected chi connectivity index (χ2v) is 3.45. The Hall–Kier alpha value is -1.58. The van der Waals surface area contributed by atoms with Crippen molar-refractivity contribution in [3.8, 4) is 0 Å². The molecule has 76 valence electrons. The van der Waals surface area contributed by atoms with E-state index in [-0.39, 0.29) is 0 Å². The Balaban J connectivity index is 2.73. The summed E-state index contributed by atoms with van der Waals surface area (Å²) in [5.74, 6) is 0. The fourth-order valence-electron chi connectivity index (χ4n) is 0.959. The van der Waals surface area contributed by atoms with Crippen molar-refractivity contribution in [1.29, 1.82) is 0 Å². The molecule has 0 aliphatic rings. The van der Waals surface area contributed by atoms with Gasteiger partial charge in [-0.15, -0.1) is 5.11 Å². The van der Waals surface area contributed by atoms with Crippen LogP contribution in [0.15, 0.2) is 34.6 Å². The summed E-state index contributed by atoms with van der Waals surface area (Å²) in [6, 6.07) is 7.93. The molecule has 0 unspecified atom stereocenters.